The fourth-order valence-corrected chi connectivity index (χ4v) is 8.26. The van der Waals surface area contributed by atoms with E-state index in [0.717, 1.165) is 23.2 Å². The molecule has 322 valence electrons. The minimum atomic E-state index is -0.761. The molecule has 0 unspecified atom stereocenters. The summed E-state index contributed by atoms with van der Waals surface area (Å²) in [5, 5.41) is 12.4. The van der Waals surface area contributed by atoms with Crippen molar-refractivity contribution in [2.24, 2.45) is 17.6 Å². The molecule has 1 saturated carbocycles. The number of fused-ring (bicyclic) bond motifs is 4. The number of amides is 4. The molecule has 0 aromatic heterocycles. The summed E-state index contributed by atoms with van der Waals surface area (Å²) >= 11 is 0. The molecule has 4 amide bonds. The molecule has 4 heterocycles. The van der Waals surface area contributed by atoms with Gasteiger partial charge in [-0.2, -0.15) is 0 Å². The average Bonchev–Trinajstić information content (AvgIpc) is 3.94. The van der Waals surface area contributed by atoms with Crippen molar-refractivity contribution in [3.05, 3.63) is 83.2 Å². The summed E-state index contributed by atoms with van der Waals surface area (Å²) in [5.74, 6) is 1.66. The minimum absolute atomic E-state index is 0.0260. The summed E-state index contributed by atoms with van der Waals surface area (Å²) in [4.78, 5) is 56.3. The van der Waals surface area contributed by atoms with E-state index < -0.39 is 12.1 Å². The summed E-state index contributed by atoms with van der Waals surface area (Å²) < 4.78 is 23.7. The molecule has 0 radical (unpaired) electrons. The summed E-state index contributed by atoms with van der Waals surface area (Å²) in [6, 6.07) is 13.1. The zero-order valence-corrected chi connectivity index (χ0v) is 35.3. The van der Waals surface area contributed by atoms with Gasteiger partial charge in [0.1, 0.15) is 6.04 Å². The molecule has 0 bridgehead atoms. The number of nitrogens with two attached hydrogens (primary N) is 1. The Labute approximate surface area is 356 Å². The van der Waals surface area contributed by atoms with Gasteiger partial charge in [0.25, 0.3) is 11.8 Å². The van der Waals surface area contributed by atoms with Gasteiger partial charge >= 0.3 is 0 Å². The molecule has 1 fully saturated rings. The third-order valence-corrected chi connectivity index (χ3v) is 12.1. The van der Waals surface area contributed by atoms with Gasteiger partial charge in [0.05, 0.1) is 68.1 Å². The van der Waals surface area contributed by atoms with Crippen LogP contribution in [0, 0.1) is 11.8 Å². The van der Waals surface area contributed by atoms with Gasteiger partial charge in [-0.1, -0.05) is 26.0 Å². The first-order chi connectivity index (χ1) is 29.4. The standard InChI is InChI=1S/C46H55N7O8/c1-25(2)42(47)44(55)50-26(3)43(54)51-31-11-9-28(10-12-31)30-16-33-22-49-37-20-41(39(59-5)18-35(37)46(57)53(33)24-30)61-14-6-13-60-40-19-36-34(17-38(40)58-4)45(56)52-23-29(27-7-8-27)15-32(52)21-48-36/h9-12,17-20,23-27,32-33,42,48-49H,6-8,13-16,21-22,47H2,1-5H3,(H,50,55)(H,51,54)/t26-,32-,33-,42-/m0/s1. The number of nitrogens with zero attached hydrogens (tertiary/aromatic N) is 2. The van der Waals surface area contributed by atoms with Crippen molar-refractivity contribution >= 4 is 46.3 Å². The van der Waals surface area contributed by atoms with Crippen LogP contribution >= 0.6 is 0 Å². The monoisotopic (exact) mass is 833 g/mol. The molecule has 15 heteroatoms. The van der Waals surface area contributed by atoms with Crippen LogP contribution in [-0.4, -0.2) is 98.1 Å². The number of anilines is 3. The van der Waals surface area contributed by atoms with Crippen LogP contribution in [0.5, 0.6) is 23.0 Å². The second kappa shape index (κ2) is 17.4. The fraction of sp³-hybridized carbons (Fsp3) is 0.435. The van der Waals surface area contributed by atoms with E-state index in [-0.39, 0.29) is 41.6 Å². The van der Waals surface area contributed by atoms with Crippen molar-refractivity contribution in [2.45, 2.75) is 77.0 Å². The van der Waals surface area contributed by atoms with Crippen LogP contribution in [0.15, 0.2) is 66.5 Å². The Morgan fingerprint density at radius 3 is 1.87 bits per heavy atom. The quantitative estimate of drug-likeness (QED) is 0.120. The first kappa shape index (κ1) is 41.5. The number of nitrogens with one attached hydrogen (secondary N) is 4. The van der Waals surface area contributed by atoms with E-state index in [1.54, 1.807) is 50.3 Å². The summed E-state index contributed by atoms with van der Waals surface area (Å²) in [5.41, 5.74) is 12.2. The van der Waals surface area contributed by atoms with Crippen molar-refractivity contribution in [3.63, 3.8) is 0 Å². The molecule has 61 heavy (non-hydrogen) atoms. The van der Waals surface area contributed by atoms with Gasteiger partial charge in [0, 0.05) is 49.7 Å². The second-order valence-electron chi connectivity index (χ2n) is 16.7. The maximum atomic E-state index is 14.0. The van der Waals surface area contributed by atoms with Crippen LogP contribution in [0.25, 0.3) is 5.57 Å². The largest absolute Gasteiger partial charge is 0.493 e. The van der Waals surface area contributed by atoms with Crippen molar-refractivity contribution in [1.82, 2.24) is 15.1 Å². The Morgan fingerprint density at radius 2 is 1.33 bits per heavy atom. The Morgan fingerprint density at radius 1 is 0.770 bits per heavy atom. The number of hydrogen-bond donors (Lipinski definition) is 5. The Kier molecular flexibility index (Phi) is 11.8. The summed E-state index contributed by atoms with van der Waals surface area (Å²) in [6.07, 6.45) is 8.49. The third kappa shape index (κ3) is 8.69. The van der Waals surface area contributed by atoms with Gasteiger partial charge in [-0.25, -0.2) is 0 Å². The molecular weight excluding hydrogens is 779 g/mol. The van der Waals surface area contributed by atoms with Gasteiger partial charge in [0.2, 0.25) is 11.8 Å². The molecule has 1 aliphatic carbocycles. The number of methoxy groups -OCH3 is 2. The van der Waals surface area contributed by atoms with Crippen LogP contribution < -0.4 is 45.9 Å². The highest BCUT2D eigenvalue weighted by Gasteiger charge is 2.39. The minimum Gasteiger partial charge on any atom is -0.493 e. The Balaban J connectivity index is 0.858. The molecule has 8 rings (SSSR count). The number of benzene rings is 3. The lowest BCUT2D eigenvalue weighted by Crippen LogP contribution is -2.50. The van der Waals surface area contributed by atoms with Gasteiger partial charge in [-0.3, -0.25) is 19.2 Å². The fourth-order valence-electron chi connectivity index (χ4n) is 8.26. The maximum absolute atomic E-state index is 14.0. The molecule has 4 atom stereocenters. The number of carbonyl (C=O) groups is 4. The lowest BCUT2D eigenvalue weighted by atomic mass is 10.0. The summed E-state index contributed by atoms with van der Waals surface area (Å²) in [7, 11) is 3.12. The number of rotatable bonds is 15. The molecule has 15 nitrogen and oxygen atoms in total. The van der Waals surface area contributed by atoms with Crippen molar-refractivity contribution in [2.75, 3.05) is 56.5 Å². The molecule has 0 saturated heterocycles. The third-order valence-electron chi connectivity index (χ3n) is 12.1. The zero-order valence-electron chi connectivity index (χ0n) is 35.3. The molecule has 3 aromatic carbocycles. The van der Waals surface area contributed by atoms with E-state index in [9.17, 15) is 19.2 Å². The van der Waals surface area contributed by atoms with E-state index in [2.05, 4.69) is 27.5 Å². The van der Waals surface area contributed by atoms with E-state index in [0.29, 0.717) is 90.6 Å². The van der Waals surface area contributed by atoms with Crippen LogP contribution in [0.4, 0.5) is 17.1 Å². The molecule has 6 N–H and O–H groups in total. The van der Waals surface area contributed by atoms with Crippen molar-refractivity contribution in [3.8, 4) is 23.0 Å². The smallest absolute Gasteiger partial charge is 0.260 e. The van der Waals surface area contributed by atoms with E-state index in [1.165, 1.54) is 18.4 Å². The second-order valence-corrected chi connectivity index (χ2v) is 16.7. The topological polar surface area (TPSA) is 186 Å². The first-order valence-corrected chi connectivity index (χ1v) is 21.1. The lowest BCUT2D eigenvalue weighted by Gasteiger charge is -2.20. The molecule has 3 aromatic rings. The van der Waals surface area contributed by atoms with Crippen molar-refractivity contribution in [1.29, 1.82) is 0 Å². The highest BCUT2D eigenvalue weighted by Crippen LogP contribution is 2.45. The van der Waals surface area contributed by atoms with Crippen LogP contribution in [0.3, 0.4) is 0 Å². The molecule has 4 aliphatic heterocycles. The molecular formula is C46H55N7O8. The molecule has 5 aliphatic rings. The highest BCUT2D eigenvalue weighted by atomic mass is 16.5. The van der Waals surface area contributed by atoms with E-state index in [4.69, 9.17) is 24.7 Å². The summed E-state index contributed by atoms with van der Waals surface area (Å²) in [6.45, 7) is 7.17. The number of ether oxygens (including phenoxy) is 4. The Bertz CT molecular complexity index is 2270. The first-order valence-electron chi connectivity index (χ1n) is 21.1. The Hall–Kier alpha value is -6.22. The van der Waals surface area contributed by atoms with E-state index >= 15 is 0 Å². The SMILES string of the molecule is COc1cc2c(cc1OCCCOc1cc3c(cc1OC)C(=O)N1C=C(C4CC4)C[C@H]1CN3)NC[C@@H]1CC(c3ccc(NC(=O)[C@H](C)NC(=O)[C@@H](N)C(C)C)cc3)=CN1C2=O. The van der Waals surface area contributed by atoms with Gasteiger partial charge < -0.3 is 55.7 Å². The van der Waals surface area contributed by atoms with Crippen LogP contribution in [-0.2, 0) is 9.59 Å². The maximum Gasteiger partial charge on any atom is 0.260 e. The van der Waals surface area contributed by atoms with Crippen LogP contribution in [0.1, 0.15) is 79.2 Å². The lowest BCUT2D eigenvalue weighted by molar-refractivity contribution is -0.127. The predicted molar refractivity (Wildman–Crippen MR) is 232 cm³/mol. The average molecular weight is 834 g/mol. The predicted octanol–water partition coefficient (Wildman–Crippen LogP) is 5.59. The number of hydrogen-bond acceptors (Lipinski definition) is 11. The normalized spacial score (nSPS) is 20.0. The van der Waals surface area contributed by atoms with E-state index in [1.807, 2.05) is 49.2 Å². The van der Waals surface area contributed by atoms with Crippen molar-refractivity contribution < 1.29 is 38.1 Å². The highest BCUT2D eigenvalue weighted by molar-refractivity contribution is 6.04. The zero-order chi connectivity index (χ0) is 42.9. The van der Waals surface area contributed by atoms with Crippen LogP contribution in [0.2, 0.25) is 0 Å². The van der Waals surface area contributed by atoms with Gasteiger partial charge in [-0.05, 0) is 85.4 Å². The molecule has 0 spiro atoms. The van der Waals surface area contributed by atoms with Gasteiger partial charge in [0.15, 0.2) is 23.0 Å². The van der Waals surface area contributed by atoms with Gasteiger partial charge in [-0.15, -0.1) is 0 Å². The number of carbonyl (C=O) groups excluding carboxylic acids is 4.